The summed E-state index contributed by atoms with van der Waals surface area (Å²) < 4.78 is 1.74. The Morgan fingerprint density at radius 3 is 2.54 bits per heavy atom. The van der Waals surface area contributed by atoms with Crippen LogP contribution in [0.1, 0.15) is 43.7 Å². The van der Waals surface area contributed by atoms with Crippen LogP contribution in [0.15, 0.2) is 48.8 Å². The number of pyridine rings is 1. The molecule has 5 nitrogen and oxygen atoms in total. The molecule has 0 saturated heterocycles. The van der Waals surface area contributed by atoms with E-state index >= 15 is 0 Å². The number of aromatic nitrogens is 2. The monoisotopic (exact) mass is 352 g/mol. The first-order valence-corrected chi connectivity index (χ1v) is 8.70. The van der Waals surface area contributed by atoms with Gasteiger partial charge in [-0.05, 0) is 47.6 Å². The highest BCUT2D eigenvalue weighted by molar-refractivity contribution is 5.77. The van der Waals surface area contributed by atoms with Crippen molar-refractivity contribution >= 4 is 18.3 Å². The highest BCUT2D eigenvalue weighted by Crippen LogP contribution is 2.33. The fraction of sp³-hybridized carbons (Fsp3) is 0.286. The van der Waals surface area contributed by atoms with Gasteiger partial charge in [-0.2, -0.15) is 5.10 Å². The molecule has 0 aliphatic heterocycles. The van der Waals surface area contributed by atoms with Crippen LogP contribution in [-0.2, 0) is 16.0 Å². The van der Waals surface area contributed by atoms with Gasteiger partial charge in [0, 0.05) is 11.8 Å². The third kappa shape index (κ3) is 3.99. The third-order valence-electron chi connectivity index (χ3n) is 4.64. The summed E-state index contributed by atoms with van der Waals surface area (Å²) in [7, 11) is 0. The summed E-state index contributed by atoms with van der Waals surface area (Å²) in [6.45, 7) is 6.44. The second-order valence-corrected chi connectivity index (χ2v) is 6.09. The van der Waals surface area contributed by atoms with Gasteiger partial charge in [0.2, 0.25) is 0 Å². The van der Waals surface area contributed by atoms with E-state index in [4.69, 9.17) is 9.90 Å². The fourth-order valence-electron chi connectivity index (χ4n) is 3.34. The number of rotatable bonds is 6. The predicted molar refractivity (Wildman–Crippen MR) is 102 cm³/mol. The number of carbonyl (C=O) groups is 2. The molecule has 1 aromatic carbocycles. The maximum absolute atomic E-state index is 11.0. The van der Waals surface area contributed by atoms with E-state index in [2.05, 4.69) is 43.2 Å². The van der Waals surface area contributed by atoms with Crippen molar-refractivity contribution in [2.45, 2.75) is 39.0 Å². The SMILES string of the molecule is C=O.CCC(CC)c1ccccc1-c1ccn2ncc(CC(=O)O)c2c1. The minimum atomic E-state index is -0.840. The molecule has 136 valence electrons. The maximum Gasteiger partial charge on any atom is 0.307 e. The van der Waals surface area contributed by atoms with Crippen molar-refractivity contribution in [2.75, 3.05) is 0 Å². The van der Waals surface area contributed by atoms with Crippen LogP contribution in [0.4, 0.5) is 0 Å². The first-order valence-electron chi connectivity index (χ1n) is 8.70. The van der Waals surface area contributed by atoms with Crippen LogP contribution in [0, 0.1) is 0 Å². The molecule has 0 bridgehead atoms. The van der Waals surface area contributed by atoms with Crippen molar-refractivity contribution in [3.05, 3.63) is 59.9 Å². The number of aliphatic carboxylic acids is 1. The number of hydrogen-bond donors (Lipinski definition) is 1. The molecule has 0 aliphatic rings. The molecule has 0 spiro atoms. The number of nitrogens with zero attached hydrogens (tertiary/aromatic N) is 2. The Bertz CT molecular complexity index is 882. The van der Waals surface area contributed by atoms with Crippen molar-refractivity contribution in [1.29, 1.82) is 0 Å². The lowest BCUT2D eigenvalue weighted by Gasteiger charge is -2.18. The molecule has 3 rings (SSSR count). The molecular weight excluding hydrogens is 328 g/mol. The molecular formula is C21H24N2O3. The molecule has 1 N–H and O–H groups in total. The van der Waals surface area contributed by atoms with Crippen LogP contribution >= 0.6 is 0 Å². The molecule has 0 aliphatic carbocycles. The fourth-order valence-corrected chi connectivity index (χ4v) is 3.34. The van der Waals surface area contributed by atoms with Crippen LogP contribution in [0.2, 0.25) is 0 Å². The Kier molecular flexibility index (Phi) is 6.67. The van der Waals surface area contributed by atoms with Crippen LogP contribution < -0.4 is 0 Å². The average Bonchev–Trinajstić information content (AvgIpc) is 3.06. The van der Waals surface area contributed by atoms with E-state index < -0.39 is 5.97 Å². The summed E-state index contributed by atoms with van der Waals surface area (Å²) >= 11 is 0. The normalized spacial score (nSPS) is 10.6. The smallest absolute Gasteiger partial charge is 0.307 e. The highest BCUT2D eigenvalue weighted by atomic mass is 16.4. The Morgan fingerprint density at radius 2 is 1.88 bits per heavy atom. The molecule has 2 aromatic heterocycles. The summed E-state index contributed by atoms with van der Waals surface area (Å²) in [5, 5.41) is 13.3. The standard InChI is InChI=1S/C20H22N2O2.CH2O/c1-3-14(4-2)17-7-5-6-8-18(17)15-9-10-22-19(11-15)16(13-21-22)12-20(23)24;1-2/h5-11,13-14H,3-4,12H2,1-2H3,(H,23,24);1H2. The minimum absolute atomic E-state index is 0.0128. The van der Waals surface area contributed by atoms with Crippen LogP contribution in [0.3, 0.4) is 0 Å². The lowest BCUT2D eigenvalue weighted by molar-refractivity contribution is -0.136. The van der Waals surface area contributed by atoms with Crippen molar-refractivity contribution < 1.29 is 14.7 Å². The van der Waals surface area contributed by atoms with Gasteiger partial charge in [-0.1, -0.05) is 38.1 Å². The van der Waals surface area contributed by atoms with E-state index in [-0.39, 0.29) is 6.42 Å². The summed E-state index contributed by atoms with van der Waals surface area (Å²) in [6.07, 6.45) is 5.74. The van der Waals surface area contributed by atoms with Gasteiger partial charge in [-0.25, -0.2) is 4.52 Å². The maximum atomic E-state index is 11.0. The predicted octanol–water partition coefficient (Wildman–Crippen LogP) is 4.35. The van der Waals surface area contributed by atoms with Crippen LogP contribution in [0.5, 0.6) is 0 Å². The summed E-state index contributed by atoms with van der Waals surface area (Å²) in [4.78, 5) is 19.0. The van der Waals surface area contributed by atoms with E-state index in [0.717, 1.165) is 29.5 Å². The van der Waals surface area contributed by atoms with Gasteiger partial charge < -0.3 is 9.90 Å². The summed E-state index contributed by atoms with van der Waals surface area (Å²) in [5.74, 6) is -0.312. The van der Waals surface area contributed by atoms with Crippen molar-refractivity contribution in [3.63, 3.8) is 0 Å². The molecule has 0 saturated carbocycles. The van der Waals surface area contributed by atoms with Gasteiger partial charge in [-0.3, -0.25) is 4.79 Å². The van der Waals surface area contributed by atoms with E-state index in [9.17, 15) is 4.79 Å². The van der Waals surface area contributed by atoms with E-state index in [1.165, 1.54) is 11.1 Å². The van der Waals surface area contributed by atoms with Gasteiger partial charge in [-0.15, -0.1) is 0 Å². The molecule has 0 radical (unpaired) electrons. The van der Waals surface area contributed by atoms with Crippen molar-refractivity contribution in [1.82, 2.24) is 9.61 Å². The Morgan fingerprint density at radius 1 is 1.19 bits per heavy atom. The van der Waals surface area contributed by atoms with Gasteiger partial charge in [0.1, 0.15) is 6.79 Å². The number of carboxylic acid groups (broad SMARTS) is 1. The first-order chi connectivity index (χ1) is 12.6. The quantitative estimate of drug-likeness (QED) is 0.716. The second-order valence-electron chi connectivity index (χ2n) is 6.09. The molecule has 5 heteroatoms. The average molecular weight is 352 g/mol. The van der Waals surface area contributed by atoms with Crippen molar-refractivity contribution in [2.24, 2.45) is 0 Å². The Balaban J connectivity index is 0.00000117. The van der Waals surface area contributed by atoms with Gasteiger partial charge in [0.05, 0.1) is 18.1 Å². The Labute approximate surface area is 153 Å². The van der Waals surface area contributed by atoms with Crippen LogP contribution in [-0.4, -0.2) is 27.5 Å². The zero-order valence-corrected chi connectivity index (χ0v) is 15.2. The number of carboxylic acids is 1. The molecule has 26 heavy (non-hydrogen) atoms. The lowest BCUT2D eigenvalue weighted by Crippen LogP contribution is -2.00. The largest absolute Gasteiger partial charge is 0.481 e. The van der Waals surface area contributed by atoms with Gasteiger partial charge in [0.25, 0.3) is 0 Å². The van der Waals surface area contributed by atoms with Gasteiger partial charge in [0.15, 0.2) is 0 Å². The molecule has 2 heterocycles. The minimum Gasteiger partial charge on any atom is -0.481 e. The molecule has 0 atom stereocenters. The number of carbonyl (C=O) groups excluding carboxylic acids is 1. The molecule has 0 fully saturated rings. The molecule has 0 unspecified atom stereocenters. The summed E-state index contributed by atoms with van der Waals surface area (Å²) in [6, 6.07) is 12.6. The Hall–Kier alpha value is -2.95. The third-order valence-corrected chi connectivity index (χ3v) is 4.64. The number of hydrogen-bond acceptors (Lipinski definition) is 3. The molecule has 0 amide bonds. The number of fused-ring (bicyclic) bond motifs is 1. The molecule has 3 aromatic rings. The van der Waals surface area contributed by atoms with Gasteiger partial charge >= 0.3 is 5.97 Å². The first kappa shape index (κ1) is 19.4. The zero-order valence-electron chi connectivity index (χ0n) is 15.2. The zero-order chi connectivity index (χ0) is 19.1. The van der Waals surface area contributed by atoms with E-state index in [0.29, 0.717) is 5.92 Å². The highest BCUT2D eigenvalue weighted by Gasteiger charge is 2.14. The van der Waals surface area contributed by atoms with Crippen molar-refractivity contribution in [3.8, 4) is 11.1 Å². The second kappa shape index (κ2) is 8.94. The van der Waals surface area contributed by atoms with E-state index in [1.807, 2.05) is 25.1 Å². The van der Waals surface area contributed by atoms with Crippen LogP contribution in [0.25, 0.3) is 16.6 Å². The summed E-state index contributed by atoms with van der Waals surface area (Å²) in [5.41, 5.74) is 5.28. The number of benzene rings is 1. The topological polar surface area (TPSA) is 71.7 Å². The van der Waals surface area contributed by atoms with E-state index in [1.54, 1.807) is 10.7 Å². The lowest BCUT2D eigenvalue weighted by atomic mass is 9.87.